The van der Waals surface area contributed by atoms with E-state index in [9.17, 15) is 9.90 Å². The Bertz CT molecular complexity index is 1110. The Balaban J connectivity index is 1.17. The molecule has 1 aliphatic heterocycles. The summed E-state index contributed by atoms with van der Waals surface area (Å²) >= 11 is 0. The highest BCUT2D eigenvalue weighted by Crippen LogP contribution is 2.29. The molecule has 10 nitrogen and oxygen atoms in total. The standard InChI is InChI=1S/C28H37N5O5/c1-2-13-36-15-17-38-18-16-37-14-12-32-21-26(30-31-32)22-8-10-24(11-9-22)29-28(35)23-19-27(34)33(20-23)25-6-4-3-5-7-25/h3-11,21,23,27,34H,2,12-20H2,1H3,(H,29,35). The van der Waals surface area contributed by atoms with E-state index in [1.807, 2.05) is 65.7 Å². The van der Waals surface area contributed by atoms with Gasteiger partial charge in [-0.25, -0.2) is 4.68 Å². The first-order valence-corrected chi connectivity index (χ1v) is 13.2. The largest absolute Gasteiger partial charge is 0.379 e. The molecule has 1 aliphatic rings. The lowest BCUT2D eigenvalue weighted by Crippen LogP contribution is -2.30. The first-order chi connectivity index (χ1) is 18.6. The monoisotopic (exact) mass is 523 g/mol. The predicted octanol–water partition coefficient (Wildman–Crippen LogP) is 3.19. The highest BCUT2D eigenvalue weighted by molar-refractivity contribution is 5.93. The third kappa shape index (κ3) is 8.09. The number of amides is 1. The molecule has 0 aliphatic carbocycles. The zero-order valence-corrected chi connectivity index (χ0v) is 21.9. The molecular formula is C28H37N5O5. The van der Waals surface area contributed by atoms with Gasteiger partial charge in [0.1, 0.15) is 11.9 Å². The van der Waals surface area contributed by atoms with Gasteiger partial charge in [0, 0.05) is 36.5 Å². The summed E-state index contributed by atoms with van der Waals surface area (Å²) in [5.41, 5.74) is 3.26. The average Bonchev–Trinajstić information content (AvgIpc) is 3.57. The lowest BCUT2D eigenvalue weighted by molar-refractivity contribution is -0.119. The Morgan fingerprint density at radius 2 is 1.66 bits per heavy atom. The van der Waals surface area contributed by atoms with Crippen molar-refractivity contribution < 1.29 is 24.1 Å². The van der Waals surface area contributed by atoms with Crippen LogP contribution in [-0.4, -0.2) is 78.4 Å². The van der Waals surface area contributed by atoms with E-state index in [1.165, 1.54) is 0 Å². The number of rotatable bonds is 15. The number of ether oxygens (including phenoxy) is 3. The molecule has 2 N–H and O–H groups in total. The van der Waals surface area contributed by atoms with Gasteiger partial charge in [-0.1, -0.05) is 42.5 Å². The van der Waals surface area contributed by atoms with Gasteiger partial charge in [0.15, 0.2) is 0 Å². The number of carbonyl (C=O) groups is 1. The second-order valence-corrected chi connectivity index (χ2v) is 9.17. The van der Waals surface area contributed by atoms with Gasteiger partial charge in [0.25, 0.3) is 0 Å². The van der Waals surface area contributed by atoms with Crippen LogP contribution in [0.2, 0.25) is 0 Å². The lowest BCUT2D eigenvalue weighted by Gasteiger charge is -2.22. The van der Waals surface area contributed by atoms with Crippen molar-refractivity contribution in [1.82, 2.24) is 15.0 Å². The third-order valence-electron chi connectivity index (χ3n) is 6.27. The number of para-hydroxylation sites is 1. The van der Waals surface area contributed by atoms with Gasteiger partial charge >= 0.3 is 0 Å². The topological polar surface area (TPSA) is 111 Å². The van der Waals surface area contributed by atoms with Crippen LogP contribution in [0.25, 0.3) is 11.3 Å². The molecule has 10 heteroatoms. The molecule has 0 bridgehead atoms. The Hall–Kier alpha value is -3.31. The molecule has 1 saturated heterocycles. The van der Waals surface area contributed by atoms with Crippen LogP contribution < -0.4 is 10.2 Å². The summed E-state index contributed by atoms with van der Waals surface area (Å²) in [5.74, 6) is -0.394. The van der Waals surface area contributed by atoms with Crippen molar-refractivity contribution >= 4 is 17.3 Å². The van der Waals surface area contributed by atoms with Crippen molar-refractivity contribution in [2.24, 2.45) is 5.92 Å². The number of nitrogens with zero attached hydrogens (tertiary/aromatic N) is 4. The maximum absolute atomic E-state index is 12.8. The first kappa shape index (κ1) is 27.7. The summed E-state index contributed by atoms with van der Waals surface area (Å²) in [6.07, 6.45) is 2.61. The number of aromatic nitrogens is 3. The summed E-state index contributed by atoms with van der Waals surface area (Å²) in [6, 6.07) is 17.2. The van der Waals surface area contributed by atoms with Crippen molar-refractivity contribution in [3.8, 4) is 11.3 Å². The zero-order chi connectivity index (χ0) is 26.6. The molecule has 0 spiro atoms. The molecule has 2 unspecified atom stereocenters. The fourth-order valence-electron chi connectivity index (χ4n) is 4.26. The van der Waals surface area contributed by atoms with E-state index in [4.69, 9.17) is 14.2 Å². The summed E-state index contributed by atoms with van der Waals surface area (Å²) in [7, 11) is 0. The van der Waals surface area contributed by atoms with E-state index < -0.39 is 6.23 Å². The van der Waals surface area contributed by atoms with Crippen LogP contribution in [-0.2, 0) is 25.5 Å². The number of aliphatic hydroxyl groups is 1. The number of benzene rings is 2. The third-order valence-corrected chi connectivity index (χ3v) is 6.27. The van der Waals surface area contributed by atoms with Crippen molar-refractivity contribution in [3.05, 3.63) is 60.8 Å². The van der Waals surface area contributed by atoms with Gasteiger partial charge in [-0.2, -0.15) is 0 Å². The minimum absolute atomic E-state index is 0.101. The van der Waals surface area contributed by atoms with Crippen LogP contribution >= 0.6 is 0 Å². The van der Waals surface area contributed by atoms with Gasteiger partial charge in [-0.15, -0.1) is 5.10 Å². The van der Waals surface area contributed by atoms with Crippen LogP contribution in [0.4, 0.5) is 11.4 Å². The molecule has 204 valence electrons. The molecule has 1 fully saturated rings. The lowest BCUT2D eigenvalue weighted by atomic mass is 10.1. The van der Waals surface area contributed by atoms with Crippen LogP contribution in [0.3, 0.4) is 0 Å². The highest BCUT2D eigenvalue weighted by Gasteiger charge is 2.35. The molecule has 0 radical (unpaired) electrons. The first-order valence-electron chi connectivity index (χ1n) is 13.2. The van der Waals surface area contributed by atoms with Gasteiger partial charge in [-0.05, 0) is 30.7 Å². The fourth-order valence-corrected chi connectivity index (χ4v) is 4.26. The molecule has 2 aromatic carbocycles. The average molecular weight is 524 g/mol. The molecule has 2 heterocycles. The Morgan fingerprint density at radius 1 is 0.974 bits per heavy atom. The second-order valence-electron chi connectivity index (χ2n) is 9.17. The number of nitrogens with one attached hydrogen (secondary N) is 1. The van der Waals surface area contributed by atoms with Crippen LogP contribution in [0.15, 0.2) is 60.8 Å². The molecular weight excluding hydrogens is 486 g/mol. The van der Waals surface area contributed by atoms with Gasteiger partial charge in [0.2, 0.25) is 5.91 Å². The fraction of sp³-hybridized carbons (Fsp3) is 0.464. The minimum Gasteiger partial charge on any atom is -0.379 e. The van der Waals surface area contributed by atoms with Gasteiger partial charge in [0.05, 0.1) is 51.7 Å². The van der Waals surface area contributed by atoms with Gasteiger partial charge < -0.3 is 29.5 Å². The SMILES string of the molecule is CCCOCCOCCOCCn1cc(-c2ccc(NC(=O)C3CC(O)N(c4ccccc4)C3)cc2)nn1. The smallest absolute Gasteiger partial charge is 0.229 e. The normalized spacial score (nSPS) is 17.2. The van der Waals surface area contributed by atoms with E-state index in [1.54, 1.807) is 4.68 Å². The van der Waals surface area contributed by atoms with E-state index in [0.29, 0.717) is 58.2 Å². The summed E-state index contributed by atoms with van der Waals surface area (Å²) in [4.78, 5) is 14.7. The number of aliphatic hydroxyl groups excluding tert-OH is 1. The van der Waals surface area contributed by atoms with Crippen molar-refractivity contribution in [1.29, 1.82) is 0 Å². The Kier molecular flexibility index (Phi) is 10.6. The van der Waals surface area contributed by atoms with Crippen LogP contribution in [0, 0.1) is 5.92 Å². The van der Waals surface area contributed by atoms with Gasteiger partial charge in [-0.3, -0.25) is 4.79 Å². The molecule has 38 heavy (non-hydrogen) atoms. The number of hydrogen-bond acceptors (Lipinski definition) is 8. The Labute approximate surface area is 223 Å². The quantitative estimate of drug-likeness (QED) is 0.292. The molecule has 1 amide bonds. The molecule has 1 aromatic heterocycles. The van der Waals surface area contributed by atoms with Crippen molar-refractivity contribution in [2.75, 3.05) is 56.4 Å². The maximum atomic E-state index is 12.8. The zero-order valence-electron chi connectivity index (χ0n) is 21.9. The van der Waals surface area contributed by atoms with Crippen LogP contribution in [0.5, 0.6) is 0 Å². The number of anilines is 2. The van der Waals surface area contributed by atoms with E-state index in [0.717, 1.165) is 30.0 Å². The summed E-state index contributed by atoms with van der Waals surface area (Å²) < 4.78 is 18.2. The number of hydrogen-bond donors (Lipinski definition) is 2. The summed E-state index contributed by atoms with van der Waals surface area (Å²) in [6.45, 7) is 6.67. The second kappa shape index (κ2) is 14.6. The molecule has 2 atom stereocenters. The Morgan fingerprint density at radius 3 is 2.37 bits per heavy atom. The van der Waals surface area contributed by atoms with Crippen LogP contribution in [0.1, 0.15) is 19.8 Å². The number of carbonyl (C=O) groups excluding carboxylic acids is 1. The van der Waals surface area contributed by atoms with Crippen molar-refractivity contribution in [2.45, 2.75) is 32.5 Å². The predicted molar refractivity (Wildman–Crippen MR) is 145 cm³/mol. The minimum atomic E-state index is -0.674. The molecule has 0 saturated carbocycles. The maximum Gasteiger partial charge on any atom is 0.229 e. The highest BCUT2D eigenvalue weighted by atomic mass is 16.5. The van der Waals surface area contributed by atoms with E-state index in [-0.39, 0.29) is 11.8 Å². The van der Waals surface area contributed by atoms with Crippen molar-refractivity contribution in [3.63, 3.8) is 0 Å². The molecule has 3 aromatic rings. The van der Waals surface area contributed by atoms with E-state index >= 15 is 0 Å². The molecule has 4 rings (SSSR count). The van der Waals surface area contributed by atoms with E-state index in [2.05, 4.69) is 22.6 Å². The summed E-state index contributed by atoms with van der Waals surface area (Å²) in [5, 5.41) is 21.8.